The Morgan fingerprint density at radius 1 is 1.00 bits per heavy atom. The summed E-state index contributed by atoms with van der Waals surface area (Å²) in [7, 11) is 0. The molecular formula is C16H19ClO. The van der Waals surface area contributed by atoms with Crippen molar-refractivity contribution < 1.29 is 5.11 Å². The van der Waals surface area contributed by atoms with Gasteiger partial charge in [0, 0.05) is 10.6 Å². The van der Waals surface area contributed by atoms with Gasteiger partial charge in [-0.15, -0.1) is 0 Å². The minimum Gasteiger partial charge on any atom is -0.508 e. The molecule has 0 spiro atoms. The number of phenols is 1. The lowest BCUT2D eigenvalue weighted by Gasteiger charge is -2.57. The largest absolute Gasteiger partial charge is 0.508 e. The van der Waals surface area contributed by atoms with Crippen LogP contribution >= 0.6 is 11.6 Å². The Morgan fingerprint density at radius 3 is 2.11 bits per heavy atom. The SMILES string of the molecule is Oc1ccc(Cl)cc1C12CC3CC(CC(C3)C1)C2. The van der Waals surface area contributed by atoms with Crippen LogP contribution in [0.4, 0.5) is 0 Å². The number of phenolic OH excluding ortho intramolecular Hbond substituents is 1. The van der Waals surface area contributed by atoms with Gasteiger partial charge in [0.15, 0.2) is 0 Å². The molecule has 4 fully saturated rings. The van der Waals surface area contributed by atoms with E-state index in [4.69, 9.17) is 11.6 Å². The van der Waals surface area contributed by atoms with E-state index in [1.807, 2.05) is 6.07 Å². The van der Waals surface area contributed by atoms with Crippen molar-refractivity contribution >= 4 is 11.6 Å². The monoisotopic (exact) mass is 262 g/mol. The van der Waals surface area contributed by atoms with Gasteiger partial charge in [0.25, 0.3) is 0 Å². The number of hydrogen-bond acceptors (Lipinski definition) is 1. The van der Waals surface area contributed by atoms with Crippen molar-refractivity contribution in [2.24, 2.45) is 17.8 Å². The maximum atomic E-state index is 10.2. The Balaban J connectivity index is 1.81. The zero-order valence-corrected chi connectivity index (χ0v) is 11.3. The third-order valence-electron chi connectivity index (χ3n) is 5.57. The molecule has 0 aliphatic heterocycles. The van der Waals surface area contributed by atoms with Gasteiger partial charge < -0.3 is 5.11 Å². The van der Waals surface area contributed by atoms with Crippen molar-refractivity contribution in [3.63, 3.8) is 0 Å². The Labute approximate surface area is 113 Å². The Morgan fingerprint density at radius 2 is 1.56 bits per heavy atom. The zero-order valence-electron chi connectivity index (χ0n) is 10.5. The van der Waals surface area contributed by atoms with E-state index < -0.39 is 0 Å². The van der Waals surface area contributed by atoms with Gasteiger partial charge >= 0.3 is 0 Å². The van der Waals surface area contributed by atoms with Crippen molar-refractivity contribution in [2.75, 3.05) is 0 Å². The molecule has 1 aromatic carbocycles. The quantitative estimate of drug-likeness (QED) is 0.789. The molecule has 4 bridgehead atoms. The molecule has 4 aliphatic rings. The Hall–Kier alpha value is -0.690. The lowest BCUT2D eigenvalue weighted by molar-refractivity contribution is -0.00612. The molecule has 0 aromatic heterocycles. The molecule has 0 unspecified atom stereocenters. The molecule has 1 N–H and O–H groups in total. The van der Waals surface area contributed by atoms with Crippen LogP contribution in [0.1, 0.15) is 44.1 Å². The lowest BCUT2D eigenvalue weighted by Crippen LogP contribution is -2.48. The summed E-state index contributed by atoms with van der Waals surface area (Å²) in [5.74, 6) is 3.15. The maximum Gasteiger partial charge on any atom is 0.119 e. The van der Waals surface area contributed by atoms with Gasteiger partial charge in [0.05, 0.1) is 0 Å². The maximum absolute atomic E-state index is 10.2. The predicted octanol–water partition coefficient (Wildman–Crippen LogP) is 4.51. The van der Waals surface area contributed by atoms with Gasteiger partial charge in [-0.2, -0.15) is 0 Å². The highest BCUT2D eigenvalue weighted by atomic mass is 35.5. The molecule has 4 aliphatic carbocycles. The fourth-order valence-corrected chi connectivity index (χ4v) is 5.55. The molecule has 1 aromatic rings. The summed E-state index contributed by atoms with van der Waals surface area (Å²) < 4.78 is 0. The molecular weight excluding hydrogens is 244 g/mol. The molecule has 1 nitrogen and oxygen atoms in total. The van der Waals surface area contributed by atoms with Crippen LogP contribution in [-0.4, -0.2) is 5.11 Å². The minimum absolute atomic E-state index is 0.240. The fraction of sp³-hybridized carbons (Fsp3) is 0.625. The van der Waals surface area contributed by atoms with E-state index in [1.165, 1.54) is 38.5 Å². The molecule has 5 rings (SSSR count). The van der Waals surface area contributed by atoms with Gasteiger partial charge in [0.1, 0.15) is 5.75 Å². The number of benzene rings is 1. The number of halogens is 1. The normalized spacial score (nSPS) is 41.3. The summed E-state index contributed by atoms with van der Waals surface area (Å²) in [6.45, 7) is 0. The molecule has 0 amide bonds. The first kappa shape index (κ1) is 11.2. The van der Waals surface area contributed by atoms with Crippen LogP contribution in [0.25, 0.3) is 0 Å². The average molecular weight is 263 g/mol. The van der Waals surface area contributed by atoms with Crippen molar-refractivity contribution in [1.82, 2.24) is 0 Å². The summed E-state index contributed by atoms with van der Waals surface area (Å²) in [5, 5.41) is 11.0. The van der Waals surface area contributed by atoms with Crippen LogP contribution in [0.15, 0.2) is 18.2 Å². The first-order chi connectivity index (χ1) is 8.64. The van der Waals surface area contributed by atoms with Crippen LogP contribution in [0, 0.1) is 17.8 Å². The van der Waals surface area contributed by atoms with E-state index >= 15 is 0 Å². The first-order valence-corrected chi connectivity index (χ1v) is 7.51. The van der Waals surface area contributed by atoms with E-state index in [0.717, 1.165) is 28.3 Å². The molecule has 4 saturated carbocycles. The van der Waals surface area contributed by atoms with Crippen molar-refractivity contribution in [3.8, 4) is 5.75 Å². The molecule has 0 atom stereocenters. The summed E-state index contributed by atoms with van der Waals surface area (Å²) in [5.41, 5.74) is 1.37. The van der Waals surface area contributed by atoms with Crippen LogP contribution in [0.5, 0.6) is 5.75 Å². The van der Waals surface area contributed by atoms with E-state index in [-0.39, 0.29) is 5.41 Å². The third-order valence-corrected chi connectivity index (χ3v) is 5.80. The summed E-state index contributed by atoms with van der Waals surface area (Å²) >= 11 is 6.15. The molecule has 0 heterocycles. The van der Waals surface area contributed by atoms with Crippen molar-refractivity contribution in [3.05, 3.63) is 28.8 Å². The average Bonchev–Trinajstić information content (AvgIpc) is 2.30. The highest BCUT2D eigenvalue weighted by Gasteiger charge is 2.52. The molecule has 2 heteroatoms. The Kier molecular flexibility index (Phi) is 2.27. The topological polar surface area (TPSA) is 20.2 Å². The fourth-order valence-electron chi connectivity index (χ4n) is 5.37. The van der Waals surface area contributed by atoms with E-state index in [0.29, 0.717) is 5.75 Å². The number of aromatic hydroxyl groups is 1. The zero-order chi connectivity index (χ0) is 12.3. The molecule has 0 saturated heterocycles. The van der Waals surface area contributed by atoms with Crippen LogP contribution in [0.3, 0.4) is 0 Å². The number of rotatable bonds is 1. The summed E-state index contributed by atoms with van der Waals surface area (Å²) in [4.78, 5) is 0. The molecule has 96 valence electrons. The van der Waals surface area contributed by atoms with Crippen molar-refractivity contribution in [1.29, 1.82) is 0 Å². The minimum atomic E-state index is 0.240. The number of hydrogen-bond donors (Lipinski definition) is 1. The summed E-state index contributed by atoms with van der Waals surface area (Å²) in [6.07, 6.45) is 8.11. The van der Waals surface area contributed by atoms with E-state index in [9.17, 15) is 5.11 Å². The first-order valence-electron chi connectivity index (χ1n) is 7.14. The third kappa shape index (κ3) is 1.53. The highest BCUT2D eigenvalue weighted by Crippen LogP contribution is 2.61. The predicted molar refractivity (Wildman–Crippen MR) is 73.0 cm³/mol. The van der Waals surface area contributed by atoms with E-state index in [1.54, 1.807) is 12.1 Å². The highest BCUT2D eigenvalue weighted by molar-refractivity contribution is 6.30. The lowest BCUT2D eigenvalue weighted by atomic mass is 9.48. The smallest absolute Gasteiger partial charge is 0.119 e. The van der Waals surface area contributed by atoms with Gasteiger partial charge in [-0.3, -0.25) is 0 Å². The molecule has 18 heavy (non-hydrogen) atoms. The molecule has 0 radical (unpaired) electrons. The second-order valence-corrected chi connectivity index (χ2v) is 7.30. The van der Waals surface area contributed by atoms with Gasteiger partial charge in [-0.05, 0) is 79.9 Å². The van der Waals surface area contributed by atoms with Crippen LogP contribution in [0.2, 0.25) is 5.02 Å². The second-order valence-electron chi connectivity index (χ2n) is 6.86. The van der Waals surface area contributed by atoms with Gasteiger partial charge in [-0.25, -0.2) is 0 Å². The van der Waals surface area contributed by atoms with Crippen LogP contribution in [-0.2, 0) is 5.41 Å². The van der Waals surface area contributed by atoms with Gasteiger partial charge in [-0.1, -0.05) is 11.6 Å². The standard InChI is InChI=1S/C16H19ClO/c17-13-1-2-15(18)14(6-13)16-7-10-3-11(8-16)5-12(4-10)9-16/h1-2,6,10-12,18H,3-5,7-9H2. The Bertz CT molecular complexity index is 459. The van der Waals surface area contributed by atoms with Crippen molar-refractivity contribution in [2.45, 2.75) is 43.9 Å². The van der Waals surface area contributed by atoms with Gasteiger partial charge in [0.2, 0.25) is 0 Å². The second kappa shape index (κ2) is 3.66. The summed E-state index contributed by atoms with van der Waals surface area (Å²) in [6, 6.07) is 5.58. The van der Waals surface area contributed by atoms with Crippen LogP contribution < -0.4 is 0 Å². The van der Waals surface area contributed by atoms with E-state index in [2.05, 4.69) is 0 Å².